The lowest BCUT2D eigenvalue weighted by molar-refractivity contribution is -0.384. The van der Waals surface area contributed by atoms with Crippen LogP contribution in [0.1, 0.15) is 58.6 Å². The van der Waals surface area contributed by atoms with E-state index in [0.29, 0.717) is 18.1 Å². The molecule has 20 heavy (non-hydrogen) atoms. The Labute approximate surface area is 120 Å². The highest BCUT2D eigenvalue weighted by Gasteiger charge is 2.26. The predicted octanol–water partition coefficient (Wildman–Crippen LogP) is 3.89. The Morgan fingerprint density at radius 2 is 2.00 bits per heavy atom. The van der Waals surface area contributed by atoms with Crippen molar-refractivity contribution in [3.05, 3.63) is 15.8 Å². The molecular weight excluding hydrogens is 256 g/mol. The van der Waals surface area contributed by atoms with Gasteiger partial charge in [0.05, 0.1) is 4.92 Å². The Balaban J connectivity index is 3.00. The molecule has 1 aromatic rings. The third kappa shape index (κ3) is 3.95. The fraction of sp³-hybridized carbons (Fsp3) is 0.786. The van der Waals surface area contributed by atoms with E-state index < -0.39 is 0 Å². The highest BCUT2D eigenvalue weighted by atomic mass is 16.6. The highest BCUT2D eigenvalue weighted by molar-refractivity contribution is 5.60. The van der Waals surface area contributed by atoms with Gasteiger partial charge in [0, 0.05) is 12.6 Å². The minimum atomic E-state index is -0.334. The lowest BCUT2D eigenvalue weighted by Gasteiger charge is -2.19. The average Bonchev–Trinajstić information content (AvgIpc) is 2.72. The van der Waals surface area contributed by atoms with Crippen molar-refractivity contribution in [1.29, 1.82) is 0 Å². The van der Waals surface area contributed by atoms with Crippen molar-refractivity contribution in [3.8, 4) is 0 Å². The number of rotatable bonds is 9. The van der Waals surface area contributed by atoms with E-state index in [1.54, 1.807) is 11.6 Å². The first-order valence-corrected chi connectivity index (χ1v) is 7.53. The van der Waals surface area contributed by atoms with Crippen LogP contribution in [0.2, 0.25) is 0 Å². The number of hydrogen-bond acceptors (Lipinski definition) is 4. The topological polar surface area (TPSA) is 73.0 Å². The van der Waals surface area contributed by atoms with Gasteiger partial charge in [-0.3, -0.25) is 10.1 Å². The van der Waals surface area contributed by atoms with E-state index in [-0.39, 0.29) is 16.7 Å². The summed E-state index contributed by atoms with van der Waals surface area (Å²) in [5.74, 6) is 0.560. The van der Waals surface area contributed by atoms with E-state index in [2.05, 4.69) is 24.3 Å². The molecule has 6 heteroatoms. The molecule has 0 radical (unpaired) electrons. The van der Waals surface area contributed by atoms with Crippen LogP contribution in [0.25, 0.3) is 0 Å². The van der Waals surface area contributed by atoms with Crippen molar-refractivity contribution >= 4 is 11.5 Å². The van der Waals surface area contributed by atoms with Gasteiger partial charge in [0.1, 0.15) is 5.69 Å². The van der Waals surface area contributed by atoms with Gasteiger partial charge in [-0.1, -0.05) is 33.1 Å². The highest BCUT2D eigenvalue weighted by Crippen LogP contribution is 2.29. The predicted molar refractivity (Wildman–Crippen MR) is 81.1 cm³/mol. The quantitative estimate of drug-likeness (QED) is 0.551. The number of hydrogen-bond donors (Lipinski definition) is 1. The lowest BCUT2D eigenvalue weighted by atomic mass is 10.1. The molecule has 0 aliphatic heterocycles. The normalized spacial score (nSPS) is 12.4. The minimum absolute atomic E-state index is 0.115. The largest absolute Gasteiger partial charge is 0.362 e. The van der Waals surface area contributed by atoms with Gasteiger partial charge in [0.2, 0.25) is 5.82 Å². The van der Waals surface area contributed by atoms with Crippen LogP contribution in [0.15, 0.2) is 0 Å². The van der Waals surface area contributed by atoms with Gasteiger partial charge in [0.15, 0.2) is 0 Å². The van der Waals surface area contributed by atoms with Gasteiger partial charge in [-0.15, -0.1) is 0 Å². The Morgan fingerprint density at radius 1 is 1.30 bits per heavy atom. The van der Waals surface area contributed by atoms with Gasteiger partial charge in [-0.25, -0.2) is 4.68 Å². The Morgan fingerprint density at radius 3 is 2.50 bits per heavy atom. The summed E-state index contributed by atoms with van der Waals surface area (Å²) in [6.45, 7) is 8.56. The van der Waals surface area contributed by atoms with Gasteiger partial charge in [0.25, 0.3) is 0 Å². The van der Waals surface area contributed by atoms with E-state index in [9.17, 15) is 10.1 Å². The summed E-state index contributed by atoms with van der Waals surface area (Å²) in [5.41, 5.74) is 0.592. The van der Waals surface area contributed by atoms with E-state index in [1.807, 2.05) is 6.92 Å². The molecule has 0 aliphatic rings. The summed E-state index contributed by atoms with van der Waals surface area (Å²) in [6, 6.07) is 0.278. The van der Waals surface area contributed by atoms with Crippen LogP contribution in [0.5, 0.6) is 0 Å². The summed E-state index contributed by atoms with van der Waals surface area (Å²) in [5, 5.41) is 18.9. The molecule has 6 nitrogen and oxygen atoms in total. The van der Waals surface area contributed by atoms with Crippen molar-refractivity contribution in [2.45, 2.75) is 72.4 Å². The van der Waals surface area contributed by atoms with Crippen molar-refractivity contribution in [3.63, 3.8) is 0 Å². The SMILES string of the molecule is CCCCC(CCC)Nc1c([N+](=O)[O-])c(C)nn1CC. The summed E-state index contributed by atoms with van der Waals surface area (Å²) in [4.78, 5) is 10.9. The summed E-state index contributed by atoms with van der Waals surface area (Å²) < 4.78 is 1.70. The van der Waals surface area contributed by atoms with Crippen molar-refractivity contribution in [2.24, 2.45) is 0 Å². The molecule has 1 N–H and O–H groups in total. The Bertz CT molecular complexity index is 443. The Hall–Kier alpha value is -1.59. The maximum absolute atomic E-state index is 11.2. The van der Waals surface area contributed by atoms with Gasteiger partial charge in [-0.05, 0) is 26.7 Å². The van der Waals surface area contributed by atoms with E-state index in [1.165, 1.54) is 0 Å². The third-order valence-corrected chi connectivity index (χ3v) is 3.46. The zero-order chi connectivity index (χ0) is 15.1. The maximum Gasteiger partial charge on any atom is 0.333 e. The molecule has 1 heterocycles. The first kappa shape index (κ1) is 16.5. The lowest BCUT2D eigenvalue weighted by Crippen LogP contribution is -2.22. The monoisotopic (exact) mass is 282 g/mol. The second-order valence-electron chi connectivity index (χ2n) is 5.13. The summed E-state index contributed by atoms with van der Waals surface area (Å²) in [6.07, 6.45) is 5.38. The minimum Gasteiger partial charge on any atom is -0.362 e. The van der Waals surface area contributed by atoms with Gasteiger partial charge in [-0.2, -0.15) is 5.10 Å². The van der Waals surface area contributed by atoms with Crippen LogP contribution in [0.4, 0.5) is 11.5 Å². The number of anilines is 1. The number of unbranched alkanes of at least 4 members (excludes halogenated alkanes) is 1. The molecule has 1 unspecified atom stereocenters. The molecule has 0 saturated heterocycles. The smallest absolute Gasteiger partial charge is 0.333 e. The van der Waals surface area contributed by atoms with E-state index in [0.717, 1.165) is 32.1 Å². The molecule has 1 atom stereocenters. The summed E-state index contributed by atoms with van der Waals surface area (Å²) >= 11 is 0. The molecule has 0 saturated carbocycles. The number of aromatic nitrogens is 2. The molecule has 1 aromatic heterocycles. The van der Waals surface area contributed by atoms with Crippen LogP contribution < -0.4 is 5.32 Å². The van der Waals surface area contributed by atoms with Gasteiger partial charge >= 0.3 is 5.69 Å². The fourth-order valence-electron chi connectivity index (χ4n) is 2.44. The van der Waals surface area contributed by atoms with Crippen LogP contribution >= 0.6 is 0 Å². The molecule has 1 rings (SSSR count). The van der Waals surface area contributed by atoms with Crippen LogP contribution in [-0.2, 0) is 6.54 Å². The first-order valence-electron chi connectivity index (χ1n) is 7.53. The molecule has 114 valence electrons. The van der Waals surface area contributed by atoms with E-state index >= 15 is 0 Å². The molecule has 0 bridgehead atoms. The third-order valence-electron chi connectivity index (χ3n) is 3.46. The molecule has 0 aromatic carbocycles. The standard InChI is InChI=1S/C14H26N4O2/c1-5-8-10-12(9-6-2)15-14-13(18(19)20)11(4)16-17(14)7-3/h12,15H,5-10H2,1-4H3. The van der Waals surface area contributed by atoms with Crippen molar-refractivity contribution in [1.82, 2.24) is 9.78 Å². The number of nitrogens with zero attached hydrogens (tertiary/aromatic N) is 3. The second-order valence-corrected chi connectivity index (χ2v) is 5.13. The zero-order valence-corrected chi connectivity index (χ0v) is 13.0. The number of nitrogens with one attached hydrogen (secondary N) is 1. The first-order chi connectivity index (χ1) is 9.54. The van der Waals surface area contributed by atoms with Gasteiger partial charge < -0.3 is 5.32 Å². The average molecular weight is 282 g/mol. The number of nitro groups is 1. The van der Waals surface area contributed by atoms with E-state index in [4.69, 9.17) is 0 Å². The molecular formula is C14H26N4O2. The Kier molecular flexibility index (Phi) is 6.48. The molecule has 0 fully saturated rings. The number of aryl methyl sites for hydroxylation is 2. The molecule has 0 amide bonds. The van der Waals surface area contributed by atoms with Crippen molar-refractivity contribution < 1.29 is 4.92 Å². The van der Waals surface area contributed by atoms with Crippen molar-refractivity contribution in [2.75, 3.05) is 5.32 Å². The summed E-state index contributed by atoms with van der Waals surface area (Å²) in [7, 11) is 0. The second kappa shape index (κ2) is 7.87. The maximum atomic E-state index is 11.2. The molecule has 0 spiro atoms. The van der Waals surface area contributed by atoms with Crippen LogP contribution in [0.3, 0.4) is 0 Å². The fourth-order valence-corrected chi connectivity index (χ4v) is 2.44. The van der Waals surface area contributed by atoms with Crippen LogP contribution in [0, 0.1) is 17.0 Å². The van der Waals surface area contributed by atoms with Crippen LogP contribution in [-0.4, -0.2) is 20.7 Å². The molecule has 0 aliphatic carbocycles. The zero-order valence-electron chi connectivity index (χ0n) is 13.0.